The van der Waals surface area contributed by atoms with Crippen LogP contribution in [0.1, 0.15) is 65.7 Å². The van der Waals surface area contributed by atoms with Gasteiger partial charge in [0.05, 0.1) is 0 Å². The van der Waals surface area contributed by atoms with Crippen molar-refractivity contribution in [1.82, 2.24) is 0 Å². The van der Waals surface area contributed by atoms with Gasteiger partial charge in [0.2, 0.25) is 0 Å². The average Bonchev–Trinajstić information content (AvgIpc) is 2.43. The number of rotatable bonds is 6. The highest BCUT2D eigenvalue weighted by atomic mass is 16.6. The normalized spacial score (nSPS) is 35.0. The Labute approximate surface area is 153 Å². The molecule has 6 nitrogen and oxygen atoms in total. The van der Waals surface area contributed by atoms with Crippen LogP contribution in [0.2, 0.25) is 0 Å². The van der Waals surface area contributed by atoms with Crippen LogP contribution in [0.4, 0.5) is 0 Å². The zero-order chi connectivity index (χ0) is 19.3. The third-order valence-corrected chi connectivity index (χ3v) is 6.61. The topological polar surface area (TPSA) is 89.9 Å². The van der Waals surface area contributed by atoms with Crippen molar-refractivity contribution in [1.29, 1.82) is 0 Å². The van der Waals surface area contributed by atoms with Crippen molar-refractivity contribution < 1.29 is 29.0 Å². The number of esters is 2. The molecular formula is C20H28O6. The van der Waals surface area contributed by atoms with E-state index in [4.69, 9.17) is 14.6 Å². The standard InChI is InChI=1S/C20H28O6/c1-12(2)17(24)26-20-9-13-5-14(10-20)8-19(7-13,11-20)18(3,4)25-16(23)6-15(21)22/h13-14H,1,5-11H2,2-4H3,(H,21,22). The summed E-state index contributed by atoms with van der Waals surface area (Å²) in [6.07, 6.45) is 4.67. The summed E-state index contributed by atoms with van der Waals surface area (Å²) < 4.78 is 11.6. The minimum atomic E-state index is -1.19. The predicted octanol–water partition coefficient (Wildman–Crippen LogP) is 3.24. The molecule has 0 radical (unpaired) electrons. The van der Waals surface area contributed by atoms with Gasteiger partial charge in [0.1, 0.15) is 17.6 Å². The van der Waals surface area contributed by atoms with Gasteiger partial charge in [0.15, 0.2) is 0 Å². The first-order valence-corrected chi connectivity index (χ1v) is 9.28. The third kappa shape index (κ3) is 3.26. The molecule has 0 aromatic rings. The molecule has 4 fully saturated rings. The van der Waals surface area contributed by atoms with Gasteiger partial charge >= 0.3 is 17.9 Å². The molecule has 0 aliphatic heterocycles. The molecular weight excluding hydrogens is 336 g/mol. The number of hydrogen-bond donors (Lipinski definition) is 1. The number of carboxylic acid groups (broad SMARTS) is 1. The van der Waals surface area contributed by atoms with E-state index in [1.54, 1.807) is 6.92 Å². The third-order valence-electron chi connectivity index (χ3n) is 6.61. The Morgan fingerprint density at radius 2 is 1.73 bits per heavy atom. The largest absolute Gasteiger partial charge is 0.481 e. The maximum absolute atomic E-state index is 12.2. The van der Waals surface area contributed by atoms with Gasteiger partial charge in [-0.3, -0.25) is 9.59 Å². The van der Waals surface area contributed by atoms with Crippen LogP contribution >= 0.6 is 0 Å². The predicted molar refractivity (Wildman–Crippen MR) is 93.2 cm³/mol. The molecule has 0 heterocycles. The summed E-state index contributed by atoms with van der Waals surface area (Å²) in [5.74, 6) is -1.39. The summed E-state index contributed by atoms with van der Waals surface area (Å²) in [5.41, 5.74) is -1.23. The molecule has 0 aromatic heterocycles. The lowest BCUT2D eigenvalue weighted by Gasteiger charge is -2.64. The van der Waals surface area contributed by atoms with Crippen LogP contribution in [0.15, 0.2) is 12.2 Å². The van der Waals surface area contributed by atoms with Crippen LogP contribution in [0.25, 0.3) is 0 Å². The molecule has 4 aliphatic rings. The summed E-state index contributed by atoms with van der Waals surface area (Å²) in [6.45, 7) is 9.07. The summed E-state index contributed by atoms with van der Waals surface area (Å²) in [6, 6.07) is 0. The number of hydrogen-bond acceptors (Lipinski definition) is 5. The van der Waals surface area contributed by atoms with Gasteiger partial charge < -0.3 is 14.6 Å². The molecule has 144 valence electrons. The van der Waals surface area contributed by atoms with Gasteiger partial charge in [-0.1, -0.05) is 6.58 Å². The SMILES string of the molecule is C=C(C)C(=O)OC12CC3CC(C1)CC(C(C)(C)OC(=O)CC(=O)O)(C3)C2. The molecule has 0 amide bonds. The number of carboxylic acids is 1. The molecule has 4 saturated carbocycles. The lowest BCUT2D eigenvalue weighted by molar-refractivity contribution is -0.240. The Balaban J connectivity index is 1.85. The first kappa shape index (κ1) is 18.9. The molecule has 4 aliphatic carbocycles. The van der Waals surface area contributed by atoms with Crippen LogP contribution in [0.3, 0.4) is 0 Å². The maximum Gasteiger partial charge on any atom is 0.333 e. The molecule has 4 bridgehead atoms. The van der Waals surface area contributed by atoms with Crippen LogP contribution < -0.4 is 0 Å². The fourth-order valence-electron chi connectivity index (χ4n) is 5.84. The lowest BCUT2D eigenvalue weighted by Crippen LogP contribution is -2.64. The van der Waals surface area contributed by atoms with Crippen LogP contribution in [-0.2, 0) is 23.9 Å². The van der Waals surface area contributed by atoms with Gasteiger partial charge in [-0.05, 0) is 71.1 Å². The van der Waals surface area contributed by atoms with Gasteiger partial charge in [-0.25, -0.2) is 4.79 Å². The van der Waals surface area contributed by atoms with Crippen molar-refractivity contribution >= 4 is 17.9 Å². The Hall–Kier alpha value is -1.85. The minimum absolute atomic E-state index is 0.291. The Bertz CT molecular complexity index is 647. The Morgan fingerprint density at radius 1 is 1.15 bits per heavy atom. The van der Waals surface area contributed by atoms with Crippen LogP contribution in [-0.4, -0.2) is 34.2 Å². The minimum Gasteiger partial charge on any atom is -0.481 e. The lowest BCUT2D eigenvalue weighted by atomic mass is 9.44. The van der Waals surface area contributed by atoms with Crippen molar-refractivity contribution in [3.63, 3.8) is 0 Å². The summed E-state index contributed by atoms with van der Waals surface area (Å²) >= 11 is 0. The maximum atomic E-state index is 12.2. The highest BCUT2D eigenvalue weighted by Gasteiger charge is 2.65. The molecule has 0 saturated heterocycles. The second-order valence-corrected chi connectivity index (χ2v) is 9.15. The highest BCUT2D eigenvalue weighted by Crippen LogP contribution is 2.66. The van der Waals surface area contributed by atoms with E-state index in [-0.39, 0.29) is 11.4 Å². The molecule has 2 atom stereocenters. The van der Waals surface area contributed by atoms with E-state index in [2.05, 4.69) is 6.58 Å². The molecule has 1 N–H and O–H groups in total. The van der Waals surface area contributed by atoms with E-state index < -0.39 is 29.6 Å². The van der Waals surface area contributed by atoms with Crippen molar-refractivity contribution in [3.05, 3.63) is 12.2 Å². The number of aliphatic carboxylic acids is 1. The zero-order valence-corrected chi connectivity index (χ0v) is 15.8. The summed E-state index contributed by atoms with van der Waals surface area (Å²) in [4.78, 5) is 35.0. The highest BCUT2D eigenvalue weighted by molar-refractivity contribution is 5.90. The first-order valence-electron chi connectivity index (χ1n) is 9.28. The van der Waals surface area contributed by atoms with E-state index in [1.807, 2.05) is 13.8 Å². The monoisotopic (exact) mass is 364 g/mol. The van der Waals surface area contributed by atoms with Gasteiger partial charge in [-0.2, -0.15) is 0 Å². The molecule has 0 aromatic carbocycles. The van der Waals surface area contributed by atoms with Gasteiger partial charge in [-0.15, -0.1) is 0 Å². The second-order valence-electron chi connectivity index (χ2n) is 9.15. The van der Waals surface area contributed by atoms with E-state index in [0.717, 1.165) is 32.1 Å². The van der Waals surface area contributed by atoms with E-state index in [9.17, 15) is 14.4 Å². The molecule has 6 heteroatoms. The van der Waals surface area contributed by atoms with Crippen molar-refractivity contribution in [2.75, 3.05) is 0 Å². The molecule has 4 rings (SSSR count). The van der Waals surface area contributed by atoms with Crippen molar-refractivity contribution in [2.24, 2.45) is 17.3 Å². The number of ether oxygens (including phenoxy) is 2. The molecule has 0 spiro atoms. The van der Waals surface area contributed by atoms with Crippen molar-refractivity contribution in [3.8, 4) is 0 Å². The Kier molecular flexibility index (Phi) is 4.44. The van der Waals surface area contributed by atoms with Crippen LogP contribution in [0, 0.1) is 17.3 Å². The molecule has 26 heavy (non-hydrogen) atoms. The summed E-state index contributed by atoms with van der Waals surface area (Å²) in [7, 11) is 0. The van der Waals surface area contributed by atoms with Gasteiger partial charge in [0.25, 0.3) is 0 Å². The van der Waals surface area contributed by atoms with Crippen molar-refractivity contribution in [2.45, 2.75) is 76.9 Å². The van der Waals surface area contributed by atoms with E-state index in [1.165, 1.54) is 0 Å². The van der Waals surface area contributed by atoms with E-state index in [0.29, 0.717) is 23.8 Å². The molecule has 2 unspecified atom stereocenters. The average molecular weight is 364 g/mol. The first-order chi connectivity index (χ1) is 12.0. The second kappa shape index (κ2) is 6.10. The Morgan fingerprint density at radius 3 is 2.23 bits per heavy atom. The van der Waals surface area contributed by atoms with E-state index >= 15 is 0 Å². The smallest absolute Gasteiger partial charge is 0.333 e. The van der Waals surface area contributed by atoms with Crippen LogP contribution in [0.5, 0.6) is 0 Å². The fraction of sp³-hybridized carbons (Fsp3) is 0.750. The number of carbonyl (C=O) groups is 3. The fourth-order valence-corrected chi connectivity index (χ4v) is 5.84. The van der Waals surface area contributed by atoms with Gasteiger partial charge in [0, 0.05) is 11.0 Å². The summed E-state index contributed by atoms with van der Waals surface area (Å²) in [5, 5.41) is 8.84. The zero-order valence-electron chi connectivity index (χ0n) is 15.8. The quantitative estimate of drug-likeness (QED) is 0.442. The number of carbonyl (C=O) groups excluding carboxylic acids is 2.